The van der Waals surface area contributed by atoms with Crippen molar-refractivity contribution in [2.45, 2.75) is 6.92 Å². The number of anilines is 1. The third kappa shape index (κ3) is 2.88. The van der Waals surface area contributed by atoms with E-state index in [1.54, 1.807) is 0 Å². The largest absolute Gasteiger partial charge is 0.370 e. The first-order valence-electron chi connectivity index (χ1n) is 6.88. The highest BCUT2D eigenvalue weighted by molar-refractivity contribution is 5.96. The van der Waals surface area contributed by atoms with E-state index in [4.69, 9.17) is 0 Å². The summed E-state index contributed by atoms with van der Waals surface area (Å²) >= 11 is 0. The molecule has 0 saturated carbocycles. The molecule has 2 aromatic rings. The molecule has 0 aromatic heterocycles. The molecule has 3 nitrogen and oxygen atoms in total. The number of fused-ring (bicyclic) bond motifs is 1. The number of halogens is 1. The van der Waals surface area contributed by atoms with Crippen molar-refractivity contribution < 1.29 is 0 Å². The second-order valence-corrected chi connectivity index (χ2v) is 4.77. The van der Waals surface area contributed by atoms with Gasteiger partial charge < -0.3 is 10.2 Å². The number of nitrogens with zero attached hydrogens (tertiary/aromatic N) is 2. The molecule has 0 saturated heterocycles. The van der Waals surface area contributed by atoms with Gasteiger partial charge in [-0.25, -0.2) is 0 Å². The van der Waals surface area contributed by atoms with Gasteiger partial charge in [-0.05, 0) is 18.4 Å². The number of nitrogens with one attached hydrogen (secondary N) is 1. The molecule has 0 amide bonds. The lowest BCUT2D eigenvalue weighted by Gasteiger charge is -2.24. The Hall–Kier alpha value is -1.74. The fraction of sp³-hybridized carbons (Fsp3) is 0.312. The first-order valence-corrected chi connectivity index (χ1v) is 6.88. The Morgan fingerprint density at radius 1 is 1.15 bits per heavy atom. The van der Waals surface area contributed by atoms with Crippen molar-refractivity contribution in [3.8, 4) is 0 Å². The van der Waals surface area contributed by atoms with Gasteiger partial charge in [-0.2, -0.15) is 0 Å². The van der Waals surface area contributed by atoms with E-state index in [0.29, 0.717) is 0 Å². The molecular weight excluding hydrogens is 270 g/mol. The minimum atomic E-state index is 0. The van der Waals surface area contributed by atoms with Gasteiger partial charge in [0, 0.05) is 24.2 Å². The Morgan fingerprint density at radius 3 is 2.70 bits per heavy atom. The Balaban J connectivity index is 0.00000147. The van der Waals surface area contributed by atoms with Crippen LogP contribution in [0.4, 0.5) is 5.69 Å². The van der Waals surface area contributed by atoms with Crippen LogP contribution in [0.2, 0.25) is 0 Å². The van der Waals surface area contributed by atoms with Crippen LogP contribution in [-0.2, 0) is 0 Å². The quantitative estimate of drug-likeness (QED) is 0.937. The molecule has 4 heteroatoms. The minimum Gasteiger partial charge on any atom is -0.370 e. The molecule has 20 heavy (non-hydrogen) atoms. The van der Waals surface area contributed by atoms with E-state index in [0.717, 1.165) is 32.0 Å². The number of rotatable bonds is 4. The van der Waals surface area contributed by atoms with Gasteiger partial charge in [0.2, 0.25) is 0 Å². The molecule has 0 aliphatic carbocycles. The second-order valence-electron chi connectivity index (χ2n) is 4.77. The van der Waals surface area contributed by atoms with Gasteiger partial charge in [0.05, 0.1) is 13.1 Å². The van der Waals surface area contributed by atoms with E-state index < -0.39 is 0 Å². The van der Waals surface area contributed by atoms with Gasteiger partial charge in [0.25, 0.3) is 0 Å². The fourth-order valence-corrected chi connectivity index (χ4v) is 2.59. The molecule has 0 fully saturated rings. The van der Waals surface area contributed by atoms with Crippen LogP contribution in [0, 0.1) is 0 Å². The Morgan fingerprint density at radius 2 is 1.95 bits per heavy atom. The zero-order chi connectivity index (χ0) is 13.1. The summed E-state index contributed by atoms with van der Waals surface area (Å²) < 4.78 is 0. The van der Waals surface area contributed by atoms with Gasteiger partial charge in [-0.1, -0.05) is 36.4 Å². The predicted octanol–water partition coefficient (Wildman–Crippen LogP) is 3.09. The molecule has 0 bridgehead atoms. The molecular formula is C16H20ClN3. The van der Waals surface area contributed by atoms with Gasteiger partial charge in [0.15, 0.2) is 0 Å². The molecule has 106 valence electrons. The third-order valence-corrected chi connectivity index (χ3v) is 3.57. The van der Waals surface area contributed by atoms with Gasteiger partial charge in [-0.3, -0.25) is 4.99 Å². The smallest absolute Gasteiger partial charge is 0.116 e. The van der Waals surface area contributed by atoms with E-state index in [1.807, 2.05) is 0 Å². The van der Waals surface area contributed by atoms with Crippen LogP contribution in [0.1, 0.15) is 6.92 Å². The summed E-state index contributed by atoms with van der Waals surface area (Å²) in [7, 11) is 0. The highest BCUT2D eigenvalue weighted by atomic mass is 35.5. The summed E-state index contributed by atoms with van der Waals surface area (Å²) in [6, 6.07) is 15.0. The standard InChI is InChI=1S/C16H19N3.ClH/c1-2-19(12-16-17-10-11-18-16)15-9-5-7-13-6-3-4-8-14(13)15;/h3-9H,2,10-12H2,1H3,(H,17,18);1H. The van der Waals surface area contributed by atoms with Crippen molar-refractivity contribution in [1.29, 1.82) is 0 Å². The number of aliphatic imine (C=N–C) groups is 1. The molecule has 1 aliphatic heterocycles. The van der Waals surface area contributed by atoms with Crippen LogP contribution in [0.25, 0.3) is 10.8 Å². The zero-order valence-corrected chi connectivity index (χ0v) is 12.5. The number of benzene rings is 2. The van der Waals surface area contributed by atoms with Crippen molar-refractivity contribution in [3.05, 3.63) is 42.5 Å². The summed E-state index contributed by atoms with van der Waals surface area (Å²) in [5.41, 5.74) is 1.29. The average Bonchev–Trinajstić information content (AvgIpc) is 2.97. The minimum absolute atomic E-state index is 0. The highest BCUT2D eigenvalue weighted by Crippen LogP contribution is 2.26. The summed E-state index contributed by atoms with van der Waals surface area (Å²) in [6.07, 6.45) is 0. The maximum absolute atomic E-state index is 4.49. The fourth-order valence-electron chi connectivity index (χ4n) is 2.59. The molecule has 0 radical (unpaired) electrons. The Kier molecular flexibility index (Phi) is 4.85. The first-order chi connectivity index (χ1) is 9.38. The molecule has 0 atom stereocenters. The number of amidine groups is 1. The van der Waals surface area contributed by atoms with Crippen LogP contribution in [0.3, 0.4) is 0 Å². The van der Waals surface area contributed by atoms with Gasteiger partial charge in [-0.15, -0.1) is 12.4 Å². The van der Waals surface area contributed by atoms with E-state index in [1.165, 1.54) is 16.5 Å². The monoisotopic (exact) mass is 289 g/mol. The van der Waals surface area contributed by atoms with Crippen LogP contribution >= 0.6 is 12.4 Å². The number of hydrogen-bond acceptors (Lipinski definition) is 3. The van der Waals surface area contributed by atoms with E-state index in [9.17, 15) is 0 Å². The molecule has 0 spiro atoms. The van der Waals surface area contributed by atoms with Crippen molar-refractivity contribution in [2.75, 3.05) is 31.1 Å². The van der Waals surface area contributed by atoms with Crippen LogP contribution in [0.15, 0.2) is 47.5 Å². The number of hydrogen-bond donors (Lipinski definition) is 1. The first kappa shape index (κ1) is 14.7. The lowest BCUT2D eigenvalue weighted by Crippen LogP contribution is -2.35. The summed E-state index contributed by atoms with van der Waals surface area (Å²) in [5, 5.41) is 5.95. The highest BCUT2D eigenvalue weighted by Gasteiger charge is 2.12. The van der Waals surface area contributed by atoms with Crippen LogP contribution in [-0.4, -0.2) is 32.0 Å². The zero-order valence-electron chi connectivity index (χ0n) is 11.7. The molecule has 1 N–H and O–H groups in total. The molecule has 0 unspecified atom stereocenters. The van der Waals surface area contributed by atoms with Crippen molar-refractivity contribution in [1.82, 2.24) is 5.32 Å². The molecule has 2 aromatic carbocycles. The van der Waals surface area contributed by atoms with Crippen LogP contribution in [0.5, 0.6) is 0 Å². The van der Waals surface area contributed by atoms with Crippen molar-refractivity contribution in [2.24, 2.45) is 4.99 Å². The maximum Gasteiger partial charge on any atom is 0.116 e. The molecule has 1 aliphatic rings. The number of likely N-dealkylation sites (N-methyl/N-ethyl adjacent to an activating group) is 1. The summed E-state index contributed by atoms with van der Waals surface area (Å²) in [5.74, 6) is 1.11. The maximum atomic E-state index is 4.49. The van der Waals surface area contributed by atoms with Crippen LogP contribution < -0.4 is 10.2 Å². The third-order valence-electron chi connectivity index (χ3n) is 3.57. The predicted molar refractivity (Wildman–Crippen MR) is 89.4 cm³/mol. The van der Waals surface area contributed by atoms with E-state index in [2.05, 4.69) is 64.6 Å². The summed E-state index contributed by atoms with van der Waals surface area (Å²) in [4.78, 5) is 6.87. The lowest BCUT2D eigenvalue weighted by atomic mass is 10.1. The Labute approximate surface area is 126 Å². The molecule has 3 rings (SSSR count). The average molecular weight is 290 g/mol. The van der Waals surface area contributed by atoms with Crippen molar-refractivity contribution in [3.63, 3.8) is 0 Å². The SMILES string of the molecule is CCN(CC1=NCCN1)c1cccc2ccccc12.Cl. The topological polar surface area (TPSA) is 27.6 Å². The van der Waals surface area contributed by atoms with E-state index >= 15 is 0 Å². The lowest BCUT2D eigenvalue weighted by molar-refractivity contribution is 0.901. The summed E-state index contributed by atoms with van der Waals surface area (Å²) in [6.45, 7) is 5.92. The molecule has 1 heterocycles. The van der Waals surface area contributed by atoms with E-state index in [-0.39, 0.29) is 12.4 Å². The second kappa shape index (κ2) is 6.62. The van der Waals surface area contributed by atoms with Gasteiger partial charge >= 0.3 is 0 Å². The Bertz CT molecular complexity index is 604. The van der Waals surface area contributed by atoms with Crippen molar-refractivity contribution >= 4 is 34.7 Å². The normalized spacial score (nSPS) is 13.6. The van der Waals surface area contributed by atoms with Gasteiger partial charge in [0.1, 0.15) is 5.84 Å².